The Balaban J connectivity index is 3.26. The maximum Gasteiger partial charge on any atom is 0.345 e. The molecular weight excluding hydrogens is 184 g/mol. The number of carbonyl (C=O) groups is 1. The molecule has 0 saturated heterocycles. The fourth-order valence-corrected chi connectivity index (χ4v) is 1.18. The summed E-state index contributed by atoms with van der Waals surface area (Å²) < 4.78 is 0. The van der Waals surface area contributed by atoms with Crippen molar-refractivity contribution < 1.29 is 20.0 Å². The van der Waals surface area contributed by atoms with Crippen molar-refractivity contribution in [3.05, 3.63) is 0 Å². The summed E-state index contributed by atoms with van der Waals surface area (Å²) in [7, 11) is 0. The Labute approximate surface area is 85.1 Å². The first-order valence-electron chi connectivity index (χ1n) is 4.96. The lowest BCUT2D eigenvalue weighted by molar-refractivity contribution is -0.462. The molecule has 0 spiro atoms. The van der Waals surface area contributed by atoms with Crippen molar-refractivity contribution in [3.8, 4) is 0 Å². The molecule has 0 unspecified atom stereocenters. The lowest BCUT2D eigenvalue weighted by Gasteiger charge is -2.17. The molecule has 0 bridgehead atoms. The Morgan fingerprint density at radius 1 is 1.21 bits per heavy atom. The standard InChI is InChI=1S/C10H20O4/c1-10(2,3)8-6-4-5-7-9(11)13-14-12/h12H,4-8H2,1-3H3. The second-order valence-electron chi connectivity index (χ2n) is 4.65. The quantitative estimate of drug-likeness (QED) is 0.410. The molecule has 1 N–H and O–H groups in total. The third-order valence-electron chi connectivity index (χ3n) is 1.94. The van der Waals surface area contributed by atoms with Gasteiger partial charge in [-0.05, 0) is 23.3 Å². The van der Waals surface area contributed by atoms with E-state index in [-0.39, 0.29) is 0 Å². The van der Waals surface area contributed by atoms with E-state index >= 15 is 0 Å². The van der Waals surface area contributed by atoms with E-state index in [0.717, 1.165) is 25.7 Å². The summed E-state index contributed by atoms with van der Waals surface area (Å²) in [5.74, 6) is -0.525. The summed E-state index contributed by atoms with van der Waals surface area (Å²) in [6.07, 6.45) is 4.33. The summed E-state index contributed by atoms with van der Waals surface area (Å²) in [6.45, 7) is 6.59. The van der Waals surface area contributed by atoms with Crippen molar-refractivity contribution in [2.45, 2.75) is 52.9 Å². The fourth-order valence-electron chi connectivity index (χ4n) is 1.18. The van der Waals surface area contributed by atoms with Crippen LogP contribution in [0.5, 0.6) is 0 Å². The van der Waals surface area contributed by atoms with Crippen LogP contribution in [0.1, 0.15) is 52.9 Å². The van der Waals surface area contributed by atoms with Gasteiger partial charge in [0.1, 0.15) is 0 Å². The van der Waals surface area contributed by atoms with Gasteiger partial charge in [-0.25, -0.2) is 10.1 Å². The second-order valence-corrected chi connectivity index (χ2v) is 4.65. The third kappa shape index (κ3) is 9.48. The van der Waals surface area contributed by atoms with E-state index in [1.54, 1.807) is 0 Å². The highest BCUT2D eigenvalue weighted by atomic mass is 17.5. The highest BCUT2D eigenvalue weighted by Gasteiger charge is 2.09. The lowest BCUT2D eigenvalue weighted by Crippen LogP contribution is -2.05. The van der Waals surface area contributed by atoms with Gasteiger partial charge in [0, 0.05) is 6.42 Å². The molecule has 4 nitrogen and oxygen atoms in total. The third-order valence-corrected chi connectivity index (χ3v) is 1.94. The van der Waals surface area contributed by atoms with Gasteiger partial charge in [0.05, 0.1) is 0 Å². The molecule has 0 aromatic carbocycles. The highest BCUT2D eigenvalue weighted by molar-refractivity contribution is 5.68. The summed E-state index contributed by atoms with van der Waals surface area (Å²) in [5, 5.41) is 11.1. The maximum absolute atomic E-state index is 10.7. The van der Waals surface area contributed by atoms with Crippen molar-refractivity contribution in [2.75, 3.05) is 0 Å². The van der Waals surface area contributed by atoms with Crippen LogP contribution in [0.2, 0.25) is 0 Å². The Kier molecular flexibility index (Phi) is 6.49. The molecule has 0 fully saturated rings. The normalized spacial score (nSPS) is 11.4. The summed E-state index contributed by atoms with van der Waals surface area (Å²) in [4.78, 5) is 14.6. The average molecular weight is 204 g/mol. The van der Waals surface area contributed by atoms with Crippen molar-refractivity contribution in [1.82, 2.24) is 0 Å². The maximum atomic E-state index is 10.7. The van der Waals surface area contributed by atoms with Gasteiger partial charge in [-0.3, -0.25) is 4.89 Å². The van der Waals surface area contributed by atoms with Gasteiger partial charge in [0.2, 0.25) is 0 Å². The minimum atomic E-state index is -0.525. The molecule has 0 atom stereocenters. The number of unbranched alkanes of at least 4 members (excludes halogenated alkanes) is 2. The predicted molar refractivity (Wildman–Crippen MR) is 52.3 cm³/mol. The molecule has 0 aliphatic rings. The number of hydrogen-bond acceptors (Lipinski definition) is 4. The Morgan fingerprint density at radius 2 is 1.86 bits per heavy atom. The fraction of sp³-hybridized carbons (Fsp3) is 0.900. The molecule has 0 aliphatic heterocycles. The van der Waals surface area contributed by atoms with Crippen molar-refractivity contribution >= 4 is 5.97 Å². The predicted octanol–water partition coefficient (Wildman–Crippen LogP) is 2.93. The molecule has 84 valence electrons. The van der Waals surface area contributed by atoms with Gasteiger partial charge >= 0.3 is 5.97 Å². The summed E-state index contributed by atoms with van der Waals surface area (Å²) >= 11 is 0. The van der Waals surface area contributed by atoms with Gasteiger partial charge in [-0.1, -0.05) is 33.6 Å². The zero-order valence-electron chi connectivity index (χ0n) is 9.21. The van der Waals surface area contributed by atoms with E-state index in [1.807, 2.05) is 0 Å². The molecule has 0 aromatic heterocycles. The molecule has 0 radical (unpaired) electrons. The molecule has 0 aromatic rings. The van der Waals surface area contributed by atoms with Crippen LogP contribution in [0.3, 0.4) is 0 Å². The topological polar surface area (TPSA) is 55.8 Å². The van der Waals surface area contributed by atoms with Crippen LogP contribution >= 0.6 is 0 Å². The lowest BCUT2D eigenvalue weighted by atomic mass is 9.89. The van der Waals surface area contributed by atoms with Crippen LogP contribution in [0, 0.1) is 5.41 Å². The molecule has 0 rings (SSSR count). The SMILES string of the molecule is CC(C)(C)CCCCCC(=O)OOO. The molecule has 0 saturated carbocycles. The minimum absolute atomic E-state index is 0.296. The Hall–Kier alpha value is -0.610. The molecule has 0 aliphatic carbocycles. The molecule has 14 heavy (non-hydrogen) atoms. The smallest absolute Gasteiger partial charge is 0.269 e. The van der Waals surface area contributed by atoms with Crippen LogP contribution in [-0.4, -0.2) is 11.2 Å². The van der Waals surface area contributed by atoms with Crippen molar-refractivity contribution in [1.29, 1.82) is 0 Å². The van der Waals surface area contributed by atoms with E-state index in [2.05, 4.69) is 30.7 Å². The van der Waals surface area contributed by atoms with Gasteiger partial charge in [-0.2, -0.15) is 0 Å². The van der Waals surface area contributed by atoms with Crippen molar-refractivity contribution in [2.24, 2.45) is 5.41 Å². The number of rotatable bonds is 6. The van der Waals surface area contributed by atoms with E-state index < -0.39 is 5.97 Å². The minimum Gasteiger partial charge on any atom is -0.269 e. The van der Waals surface area contributed by atoms with Crippen LogP contribution in [0.4, 0.5) is 0 Å². The molecule has 4 heteroatoms. The van der Waals surface area contributed by atoms with Crippen LogP contribution in [0.15, 0.2) is 0 Å². The number of hydrogen-bond donors (Lipinski definition) is 1. The van der Waals surface area contributed by atoms with E-state index in [4.69, 9.17) is 5.26 Å². The van der Waals surface area contributed by atoms with Crippen molar-refractivity contribution in [3.63, 3.8) is 0 Å². The highest BCUT2D eigenvalue weighted by Crippen LogP contribution is 2.22. The Bertz CT molecular complexity index is 160. The van der Waals surface area contributed by atoms with Gasteiger partial charge in [-0.15, -0.1) is 0 Å². The monoisotopic (exact) mass is 204 g/mol. The average Bonchev–Trinajstić information content (AvgIpc) is 2.02. The second kappa shape index (κ2) is 6.79. The first kappa shape index (κ1) is 13.4. The van der Waals surface area contributed by atoms with Gasteiger partial charge in [0.25, 0.3) is 0 Å². The first-order valence-corrected chi connectivity index (χ1v) is 4.96. The van der Waals surface area contributed by atoms with E-state index in [9.17, 15) is 4.79 Å². The molecule has 0 heterocycles. The Morgan fingerprint density at radius 3 is 2.36 bits per heavy atom. The largest absolute Gasteiger partial charge is 0.345 e. The zero-order chi connectivity index (χ0) is 11.0. The van der Waals surface area contributed by atoms with Gasteiger partial charge < -0.3 is 0 Å². The summed E-state index contributed by atoms with van der Waals surface area (Å²) in [5.41, 5.74) is 0.356. The van der Waals surface area contributed by atoms with Crippen LogP contribution in [-0.2, 0) is 14.7 Å². The zero-order valence-corrected chi connectivity index (χ0v) is 9.21. The van der Waals surface area contributed by atoms with E-state index in [0.29, 0.717) is 11.8 Å². The summed E-state index contributed by atoms with van der Waals surface area (Å²) in [6, 6.07) is 0. The first-order chi connectivity index (χ1) is 6.45. The van der Waals surface area contributed by atoms with Gasteiger partial charge in [0.15, 0.2) is 0 Å². The molecular formula is C10H20O4. The van der Waals surface area contributed by atoms with Crippen LogP contribution in [0.25, 0.3) is 0 Å². The van der Waals surface area contributed by atoms with E-state index in [1.165, 1.54) is 0 Å². The molecule has 0 amide bonds. The van der Waals surface area contributed by atoms with Crippen LogP contribution < -0.4 is 0 Å². The number of carbonyl (C=O) groups excluding carboxylic acids is 1.